The average molecular weight is 485 g/mol. The Labute approximate surface area is 206 Å². The second kappa shape index (κ2) is 10.8. The molecule has 1 fully saturated rings. The summed E-state index contributed by atoms with van der Waals surface area (Å²) in [5.74, 6) is 0.956. The van der Waals surface area contributed by atoms with Gasteiger partial charge in [-0.1, -0.05) is 20.3 Å². The number of carbonyl (C=O) groups is 1. The molecule has 0 unspecified atom stereocenters. The molecule has 1 aromatic carbocycles. The number of unbranched alkanes of at least 4 members (excludes halogenated alkanes) is 2. The van der Waals surface area contributed by atoms with Crippen molar-refractivity contribution in [2.45, 2.75) is 78.7 Å². The van der Waals surface area contributed by atoms with E-state index in [9.17, 15) is 9.18 Å². The number of aromatic nitrogens is 4. The van der Waals surface area contributed by atoms with Gasteiger partial charge in [-0.25, -0.2) is 9.37 Å². The Morgan fingerprint density at radius 3 is 2.63 bits per heavy atom. The number of rotatable bonds is 10. The maximum Gasteiger partial charge on any atom is 0.204 e. The normalized spacial score (nSPS) is 19.6. The van der Waals surface area contributed by atoms with E-state index in [1.807, 2.05) is 11.3 Å². The molecule has 190 valence electrons. The van der Waals surface area contributed by atoms with E-state index in [-0.39, 0.29) is 23.9 Å². The van der Waals surface area contributed by atoms with Gasteiger partial charge in [0.1, 0.15) is 5.82 Å². The highest BCUT2D eigenvalue weighted by Gasteiger charge is 2.23. The minimum absolute atomic E-state index is 0.179. The van der Waals surface area contributed by atoms with Crippen molar-refractivity contribution < 1.29 is 13.9 Å². The molecule has 0 saturated carbocycles. The van der Waals surface area contributed by atoms with Gasteiger partial charge in [-0.15, -0.1) is 10.2 Å². The highest BCUT2D eigenvalue weighted by atomic mass is 19.1. The second-order valence-corrected chi connectivity index (χ2v) is 10.1. The van der Waals surface area contributed by atoms with Gasteiger partial charge in [-0.2, -0.15) is 0 Å². The number of morpholine rings is 1. The lowest BCUT2D eigenvalue weighted by atomic mass is 10.0. The van der Waals surface area contributed by atoms with Crippen LogP contribution in [0.25, 0.3) is 16.7 Å². The van der Waals surface area contributed by atoms with Crippen molar-refractivity contribution in [2.75, 3.05) is 29.9 Å². The molecule has 0 bridgehead atoms. The fourth-order valence-electron chi connectivity index (χ4n) is 4.79. The third kappa shape index (κ3) is 5.72. The molecule has 0 spiro atoms. The van der Waals surface area contributed by atoms with Crippen molar-refractivity contribution in [3.05, 3.63) is 24.0 Å². The number of benzene rings is 1. The largest absolute Gasteiger partial charge is 0.372 e. The molecule has 1 saturated heterocycles. The maximum atomic E-state index is 13.8. The Morgan fingerprint density at radius 1 is 1.17 bits per heavy atom. The average Bonchev–Trinajstić information content (AvgIpc) is 3.21. The first-order chi connectivity index (χ1) is 16.7. The van der Waals surface area contributed by atoms with Gasteiger partial charge in [0.25, 0.3) is 0 Å². The number of halogens is 1. The van der Waals surface area contributed by atoms with E-state index in [0.29, 0.717) is 30.9 Å². The highest BCUT2D eigenvalue weighted by Crippen LogP contribution is 2.27. The number of alkyl halides is 1. The summed E-state index contributed by atoms with van der Waals surface area (Å²) in [7, 11) is 0. The van der Waals surface area contributed by atoms with Crippen LogP contribution in [0.1, 0.15) is 59.2 Å². The summed E-state index contributed by atoms with van der Waals surface area (Å²) >= 11 is 0. The molecular formula is C26H37FN6O2. The molecule has 8 nitrogen and oxygen atoms in total. The number of Topliss-reactive ketones (excluding diaryl/α,β-unsaturated/α-hetero) is 1. The molecule has 4 rings (SSSR count). The van der Waals surface area contributed by atoms with Gasteiger partial charge in [0.05, 0.1) is 23.2 Å². The van der Waals surface area contributed by atoms with Gasteiger partial charge in [0.2, 0.25) is 5.65 Å². The molecular weight excluding hydrogens is 447 g/mol. The van der Waals surface area contributed by atoms with E-state index in [1.165, 1.54) is 0 Å². The summed E-state index contributed by atoms with van der Waals surface area (Å²) in [4.78, 5) is 19.1. The molecule has 0 radical (unpaired) electrons. The smallest absolute Gasteiger partial charge is 0.204 e. The molecule has 2 aromatic heterocycles. The zero-order chi connectivity index (χ0) is 25.1. The summed E-state index contributed by atoms with van der Waals surface area (Å²) in [5, 5.41) is 12.0. The first-order valence-electron chi connectivity index (χ1n) is 12.7. The maximum absolute atomic E-state index is 13.8. The minimum atomic E-state index is -1.35. The molecule has 1 aliphatic rings. The molecule has 0 amide bonds. The lowest BCUT2D eigenvalue weighted by molar-refractivity contribution is -0.125. The molecule has 1 aliphatic heterocycles. The van der Waals surface area contributed by atoms with Crippen molar-refractivity contribution in [3.63, 3.8) is 0 Å². The van der Waals surface area contributed by atoms with Crippen LogP contribution in [0.4, 0.5) is 15.9 Å². The van der Waals surface area contributed by atoms with E-state index < -0.39 is 6.17 Å². The molecule has 3 heterocycles. The lowest BCUT2D eigenvalue weighted by Crippen LogP contribution is -2.45. The van der Waals surface area contributed by atoms with Crippen molar-refractivity contribution in [1.29, 1.82) is 0 Å². The van der Waals surface area contributed by atoms with E-state index in [2.05, 4.69) is 52.5 Å². The number of ketones is 1. The monoisotopic (exact) mass is 484 g/mol. The van der Waals surface area contributed by atoms with Crippen LogP contribution in [0, 0.1) is 12.8 Å². The lowest BCUT2D eigenvalue weighted by Gasteiger charge is -2.36. The number of aryl methyl sites for hydroxylation is 1. The topological polar surface area (TPSA) is 84.7 Å². The predicted molar refractivity (Wildman–Crippen MR) is 137 cm³/mol. The van der Waals surface area contributed by atoms with E-state index in [1.54, 1.807) is 13.8 Å². The van der Waals surface area contributed by atoms with Crippen LogP contribution in [0.5, 0.6) is 0 Å². The number of nitrogens with zero attached hydrogens (tertiary/aromatic N) is 5. The second-order valence-electron chi connectivity index (χ2n) is 10.1. The standard InChI is InChI=1S/C26H37FN6O2/c1-16(2)24(27)23(34)9-7-6-8-12-28-25-26-31-30-19(5)33(26)22-11-10-20(13-21(22)29-25)32-14-17(3)35-18(4)15-32/h10-11,13,16-18,24H,6-9,12,14-15H2,1-5H3,(H,28,29)/t17-,18+,24-/m0/s1. The Morgan fingerprint density at radius 2 is 1.91 bits per heavy atom. The van der Waals surface area contributed by atoms with E-state index >= 15 is 0 Å². The Balaban J connectivity index is 1.46. The summed E-state index contributed by atoms with van der Waals surface area (Å²) in [5.41, 5.74) is 3.67. The van der Waals surface area contributed by atoms with E-state index in [0.717, 1.165) is 48.5 Å². The van der Waals surface area contributed by atoms with E-state index in [4.69, 9.17) is 9.72 Å². The number of anilines is 2. The molecule has 3 atom stereocenters. The number of carbonyl (C=O) groups excluding carboxylic acids is 1. The Hall–Kier alpha value is -2.81. The first-order valence-corrected chi connectivity index (χ1v) is 12.7. The molecule has 3 aromatic rings. The SMILES string of the molecule is Cc1nnc2c(NCCCCCC(=O)[C@@H](F)C(C)C)nc3cc(N4C[C@@H](C)O[C@@H](C)C4)ccc3n12. The van der Waals surface area contributed by atoms with Crippen molar-refractivity contribution in [3.8, 4) is 0 Å². The van der Waals surface area contributed by atoms with Gasteiger partial charge >= 0.3 is 0 Å². The fourth-order valence-corrected chi connectivity index (χ4v) is 4.79. The molecule has 9 heteroatoms. The third-order valence-electron chi connectivity index (χ3n) is 6.54. The van der Waals surface area contributed by atoms with Crippen LogP contribution < -0.4 is 10.2 Å². The minimum Gasteiger partial charge on any atom is -0.372 e. The van der Waals surface area contributed by atoms with Crippen molar-refractivity contribution >= 4 is 34.0 Å². The van der Waals surface area contributed by atoms with Crippen LogP contribution in [-0.2, 0) is 9.53 Å². The summed E-state index contributed by atoms with van der Waals surface area (Å²) in [6, 6.07) is 6.34. The predicted octanol–water partition coefficient (Wildman–Crippen LogP) is 4.74. The van der Waals surface area contributed by atoms with Crippen LogP contribution in [-0.4, -0.2) is 63.4 Å². The van der Waals surface area contributed by atoms with Gasteiger partial charge in [-0.3, -0.25) is 9.20 Å². The van der Waals surface area contributed by atoms with Crippen LogP contribution in [0.3, 0.4) is 0 Å². The van der Waals surface area contributed by atoms with Gasteiger partial charge in [-0.05, 0) is 57.7 Å². The molecule has 1 N–H and O–H groups in total. The number of hydrogen-bond donors (Lipinski definition) is 1. The van der Waals surface area contributed by atoms with Crippen molar-refractivity contribution in [2.24, 2.45) is 5.92 Å². The van der Waals surface area contributed by atoms with Gasteiger partial charge in [0.15, 0.2) is 17.8 Å². The highest BCUT2D eigenvalue weighted by molar-refractivity contribution is 5.86. The quantitative estimate of drug-likeness (QED) is 0.416. The number of hydrogen-bond acceptors (Lipinski definition) is 7. The van der Waals surface area contributed by atoms with Crippen molar-refractivity contribution in [1.82, 2.24) is 19.6 Å². The summed E-state index contributed by atoms with van der Waals surface area (Å²) in [6.45, 7) is 12.0. The van der Waals surface area contributed by atoms with Gasteiger partial charge < -0.3 is 15.0 Å². The fraction of sp³-hybridized carbons (Fsp3) is 0.615. The molecule has 0 aliphatic carbocycles. The number of nitrogens with one attached hydrogen (secondary N) is 1. The number of ether oxygens (including phenoxy) is 1. The zero-order valence-corrected chi connectivity index (χ0v) is 21.4. The first kappa shape index (κ1) is 25.3. The van der Waals surface area contributed by atoms with Crippen LogP contribution >= 0.6 is 0 Å². The Kier molecular flexibility index (Phi) is 7.84. The number of fused-ring (bicyclic) bond motifs is 3. The zero-order valence-electron chi connectivity index (χ0n) is 21.4. The van der Waals surface area contributed by atoms with Crippen LogP contribution in [0.2, 0.25) is 0 Å². The van der Waals surface area contributed by atoms with Gasteiger partial charge in [0, 0.05) is 31.7 Å². The summed E-state index contributed by atoms with van der Waals surface area (Å²) in [6.07, 6.45) is 1.69. The molecule has 35 heavy (non-hydrogen) atoms. The van der Waals surface area contributed by atoms with Crippen LogP contribution in [0.15, 0.2) is 18.2 Å². The third-order valence-corrected chi connectivity index (χ3v) is 6.54. The summed E-state index contributed by atoms with van der Waals surface area (Å²) < 4.78 is 21.7. The Bertz CT molecular complexity index is 1170.